The number of benzene rings is 1. The van der Waals surface area contributed by atoms with Crippen LogP contribution in [0.5, 0.6) is 0 Å². The number of ether oxygens (including phenoxy) is 1. The van der Waals surface area contributed by atoms with Gasteiger partial charge in [0.05, 0.1) is 17.0 Å². The maximum Gasteiger partial charge on any atom is 0.415 e. The van der Waals surface area contributed by atoms with Gasteiger partial charge in [0.1, 0.15) is 12.4 Å². The molecule has 28 heavy (non-hydrogen) atoms. The van der Waals surface area contributed by atoms with E-state index in [4.69, 9.17) is 4.74 Å². The topological polar surface area (TPSA) is 101 Å². The zero-order valence-corrected chi connectivity index (χ0v) is 17.1. The Morgan fingerprint density at radius 3 is 2.46 bits per heavy atom. The fourth-order valence-electron chi connectivity index (χ4n) is 3.02. The van der Waals surface area contributed by atoms with Crippen LogP contribution >= 0.6 is 0 Å². The molecule has 0 bridgehead atoms. The summed E-state index contributed by atoms with van der Waals surface area (Å²) in [6.07, 6.45) is 2.36. The summed E-state index contributed by atoms with van der Waals surface area (Å²) in [4.78, 5) is 22.7. The van der Waals surface area contributed by atoms with Crippen molar-refractivity contribution >= 4 is 27.7 Å². The maximum atomic E-state index is 12.1. The lowest BCUT2D eigenvalue weighted by Crippen LogP contribution is -2.37. The summed E-state index contributed by atoms with van der Waals surface area (Å²) in [6.45, 7) is 6.32. The molecule has 8 nitrogen and oxygen atoms in total. The Kier molecular flexibility index (Phi) is 5.55. The molecular formula is C19H24N4O4S. The molecule has 1 aliphatic heterocycles. The molecule has 0 saturated carbocycles. The minimum atomic E-state index is -3.23. The summed E-state index contributed by atoms with van der Waals surface area (Å²) in [6, 6.07) is 8.11. The van der Waals surface area contributed by atoms with Crippen LogP contribution in [0.15, 0.2) is 41.4 Å². The number of hydrogen-bond acceptors (Lipinski definition) is 7. The van der Waals surface area contributed by atoms with Crippen LogP contribution in [0.1, 0.15) is 32.4 Å². The number of hydrogen-bond donors (Lipinski definition) is 1. The first-order valence-electron chi connectivity index (χ1n) is 9.02. The first kappa shape index (κ1) is 20.1. The number of aromatic nitrogens is 2. The van der Waals surface area contributed by atoms with E-state index < -0.39 is 15.9 Å². The highest BCUT2D eigenvalue weighted by molar-refractivity contribution is 7.90. The third-order valence-electron chi connectivity index (χ3n) is 4.72. The van der Waals surface area contributed by atoms with Crippen molar-refractivity contribution in [3.63, 3.8) is 0 Å². The van der Waals surface area contributed by atoms with Gasteiger partial charge < -0.3 is 10.1 Å². The molecule has 2 heterocycles. The Bertz CT molecular complexity index is 960. The SMILES string of the molecule is CC(C)[C@H]1COC(=O)N1c1ccnc(N[C@H](C)c2ccc(S(C)(=O)=O)cc2)n1. The Morgan fingerprint density at radius 2 is 1.86 bits per heavy atom. The van der Waals surface area contributed by atoms with Crippen LogP contribution in [0.4, 0.5) is 16.6 Å². The largest absolute Gasteiger partial charge is 0.447 e. The minimum Gasteiger partial charge on any atom is -0.447 e. The molecule has 0 spiro atoms. The van der Waals surface area contributed by atoms with Crippen molar-refractivity contribution in [1.29, 1.82) is 0 Å². The second-order valence-corrected chi connectivity index (χ2v) is 9.22. The zero-order valence-electron chi connectivity index (χ0n) is 16.3. The van der Waals surface area contributed by atoms with Crippen LogP contribution in [-0.4, -0.2) is 43.4 Å². The van der Waals surface area contributed by atoms with Gasteiger partial charge in [0.25, 0.3) is 0 Å². The second-order valence-electron chi connectivity index (χ2n) is 7.20. The Balaban J connectivity index is 1.78. The van der Waals surface area contributed by atoms with Crippen molar-refractivity contribution in [3.8, 4) is 0 Å². The first-order chi connectivity index (χ1) is 13.2. The molecule has 1 aromatic carbocycles. The van der Waals surface area contributed by atoms with Gasteiger partial charge in [-0.2, -0.15) is 4.98 Å². The molecule has 3 rings (SSSR count). The van der Waals surface area contributed by atoms with Gasteiger partial charge in [-0.25, -0.2) is 18.2 Å². The molecule has 1 aliphatic rings. The molecule has 2 atom stereocenters. The van der Waals surface area contributed by atoms with Crippen LogP contribution in [0.2, 0.25) is 0 Å². The molecule has 2 aromatic rings. The quantitative estimate of drug-likeness (QED) is 0.789. The van der Waals surface area contributed by atoms with Crippen molar-refractivity contribution in [1.82, 2.24) is 9.97 Å². The average Bonchev–Trinajstić information content (AvgIpc) is 3.03. The molecule has 1 amide bonds. The smallest absolute Gasteiger partial charge is 0.415 e. The molecular weight excluding hydrogens is 380 g/mol. The molecule has 0 aliphatic carbocycles. The maximum absolute atomic E-state index is 12.1. The summed E-state index contributed by atoms with van der Waals surface area (Å²) >= 11 is 0. The number of cyclic esters (lactones) is 1. The molecule has 1 aromatic heterocycles. The number of anilines is 2. The average molecular weight is 404 g/mol. The number of nitrogens with zero attached hydrogens (tertiary/aromatic N) is 3. The van der Waals surface area contributed by atoms with E-state index >= 15 is 0 Å². The molecule has 1 fully saturated rings. The van der Waals surface area contributed by atoms with Crippen LogP contribution in [0.25, 0.3) is 0 Å². The van der Waals surface area contributed by atoms with Crippen molar-refractivity contribution < 1.29 is 17.9 Å². The molecule has 1 N–H and O–H groups in total. The molecule has 1 saturated heterocycles. The highest BCUT2D eigenvalue weighted by Crippen LogP contribution is 2.26. The fraction of sp³-hybridized carbons (Fsp3) is 0.421. The van der Waals surface area contributed by atoms with E-state index in [0.29, 0.717) is 18.4 Å². The molecule has 9 heteroatoms. The third kappa shape index (κ3) is 4.24. The first-order valence-corrected chi connectivity index (χ1v) is 10.9. The Labute approximate surface area is 164 Å². The van der Waals surface area contributed by atoms with E-state index in [-0.39, 0.29) is 22.9 Å². The van der Waals surface area contributed by atoms with Gasteiger partial charge >= 0.3 is 6.09 Å². The lowest BCUT2D eigenvalue weighted by Gasteiger charge is -2.23. The number of carbonyl (C=O) groups is 1. The lowest BCUT2D eigenvalue weighted by molar-refractivity contribution is 0.177. The minimum absolute atomic E-state index is 0.0730. The van der Waals surface area contributed by atoms with Gasteiger partial charge in [0, 0.05) is 12.5 Å². The van der Waals surface area contributed by atoms with E-state index in [1.165, 1.54) is 6.26 Å². The summed E-state index contributed by atoms with van der Waals surface area (Å²) < 4.78 is 28.4. The van der Waals surface area contributed by atoms with Crippen molar-refractivity contribution in [3.05, 3.63) is 42.1 Å². The number of nitrogens with one attached hydrogen (secondary N) is 1. The van der Waals surface area contributed by atoms with Crippen LogP contribution in [-0.2, 0) is 14.6 Å². The molecule has 150 valence electrons. The third-order valence-corrected chi connectivity index (χ3v) is 5.85. The highest BCUT2D eigenvalue weighted by Gasteiger charge is 2.37. The van der Waals surface area contributed by atoms with Crippen molar-refractivity contribution in [2.75, 3.05) is 23.1 Å². The second kappa shape index (κ2) is 7.75. The van der Waals surface area contributed by atoms with E-state index in [1.807, 2.05) is 20.8 Å². The lowest BCUT2D eigenvalue weighted by atomic mass is 10.0. The standard InChI is InChI=1S/C19H24N4O4S/c1-12(2)16-11-27-19(24)23(16)17-9-10-20-18(22-17)21-13(3)14-5-7-15(8-6-14)28(4,25)26/h5-10,12-13,16H,11H2,1-4H3,(H,20,21,22)/t13-,16-/m1/s1. The van der Waals surface area contributed by atoms with Gasteiger partial charge in [0.15, 0.2) is 9.84 Å². The van der Waals surface area contributed by atoms with Gasteiger partial charge in [-0.1, -0.05) is 26.0 Å². The highest BCUT2D eigenvalue weighted by atomic mass is 32.2. The molecule has 0 unspecified atom stereocenters. The van der Waals surface area contributed by atoms with Gasteiger partial charge in [0.2, 0.25) is 5.95 Å². The normalized spacial score (nSPS) is 18.2. The molecule has 0 radical (unpaired) electrons. The van der Waals surface area contributed by atoms with Gasteiger partial charge in [-0.05, 0) is 36.6 Å². The fourth-order valence-corrected chi connectivity index (χ4v) is 3.65. The summed E-state index contributed by atoms with van der Waals surface area (Å²) in [5, 5.41) is 3.19. The Hall–Kier alpha value is -2.68. The van der Waals surface area contributed by atoms with E-state index in [0.717, 1.165) is 5.56 Å². The summed E-state index contributed by atoms with van der Waals surface area (Å²) in [5.74, 6) is 1.09. The van der Waals surface area contributed by atoms with Crippen LogP contribution in [0.3, 0.4) is 0 Å². The van der Waals surface area contributed by atoms with Crippen molar-refractivity contribution in [2.45, 2.75) is 37.8 Å². The summed E-state index contributed by atoms with van der Waals surface area (Å²) in [5.41, 5.74) is 0.891. The number of sulfone groups is 1. The number of carbonyl (C=O) groups excluding carboxylic acids is 1. The number of amides is 1. The van der Waals surface area contributed by atoms with Crippen molar-refractivity contribution in [2.24, 2.45) is 5.92 Å². The van der Waals surface area contributed by atoms with Crippen LogP contribution < -0.4 is 10.2 Å². The monoisotopic (exact) mass is 404 g/mol. The van der Waals surface area contributed by atoms with Gasteiger partial charge in [-0.15, -0.1) is 0 Å². The predicted octanol–water partition coefficient (Wildman–Crippen LogP) is 3.03. The van der Waals surface area contributed by atoms with E-state index in [2.05, 4.69) is 15.3 Å². The Morgan fingerprint density at radius 1 is 1.18 bits per heavy atom. The van der Waals surface area contributed by atoms with E-state index in [1.54, 1.807) is 41.4 Å². The van der Waals surface area contributed by atoms with E-state index in [9.17, 15) is 13.2 Å². The summed E-state index contributed by atoms with van der Waals surface area (Å²) in [7, 11) is -3.23. The number of rotatable bonds is 6. The van der Waals surface area contributed by atoms with Gasteiger partial charge in [-0.3, -0.25) is 4.90 Å². The predicted molar refractivity (Wildman–Crippen MR) is 106 cm³/mol. The zero-order chi connectivity index (χ0) is 20.5. The van der Waals surface area contributed by atoms with Crippen LogP contribution in [0, 0.1) is 5.92 Å².